The predicted molar refractivity (Wildman–Crippen MR) is 62.3 cm³/mol. The van der Waals surface area contributed by atoms with Crippen molar-refractivity contribution in [1.82, 2.24) is 0 Å². The maximum absolute atomic E-state index is 13.3. The van der Waals surface area contributed by atoms with Gasteiger partial charge in [0.2, 0.25) is 0 Å². The van der Waals surface area contributed by atoms with Gasteiger partial charge in [-0.2, -0.15) is 0 Å². The van der Waals surface area contributed by atoms with Crippen LogP contribution in [0.25, 0.3) is 0 Å². The van der Waals surface area contributed by atoms with Crippen LogP contribution in [0.4, 0.5) is 4.39 Å². The van der Waals surface area contributed by atoms with E-state index in [0.29, 0.717) is 12.0 Å². The molecule has 0 saturated carbocycles. The Morgan fingerprint density at radius 2 is 2.21 bits per heavy atom. The van der Waals surface area contributed by atoms with Crippen molar-refractivity contribution in [3.8, 4) is 0 Å². The van der Waals surface area contributed by atoms with Gasteiger partial charge in [0.15, 0.2) is 0 Å². The molecular weight excluding hydrogens is 296 g/mol. The molecule has 0 aliphatic carbocycles. The fourth-order valence-corrected chi connectivity index (χ4v) is 1.75. The average Bonchev–Trinajstić information content (AvgIpc) is 2.19. The smallest absolute Gasteiger partial charge is 0.128 e. The van der Waals surface area contributed by atoms with Gasteiger partial charge < -0.3 is 10.8 Å². The fraction of sp³-hybridized carbons (Fsp3) is 0.400. The highest BCUT2D eigenvalue weighted by Crippen LogP contribution is 2.21. The van der Waals surface area contributed by atoms with Crippen LogP contribution in [0, 0.1) is 9.39 Å². The third kappa shape index (κ3) is 2.65. The summed E-state index contributed by atoms with van der Waals surface area (Å²) in [5.41, 5.74) is 6.11. The zero-order valence-corrected chi connectivity index (χ0v) is 10.0. The van der Waals surface area contributed by atoms with Crippen molar-refractivity contribution in [2.24, 2.45) is 5.73 Å². The maximum atomic E-state index is 13.3. The van der Waals surface area contributed by atoms with E-state index in [9.17, 15) is 9.50 Å². The number of hydrogen-bond donors (Lipinski definition) is 2. The van der Waals surface area contributed by atoms with Gasteiger partial charge in [0, 0.05) is 9.13 Å². The molecule has 1 rings (SSSR count). The summed E-state index contributed by atoms with van der Waals surface area (Å²) in [4.78, 5) is 0. The van der Waals surface area contributed by atoms with Crippen LogP contribution in [-0.4, -0.2) is 11.2 Å². The number of benzene rings is 1. The van der Waals surface area contributed by atoms with Gasteiger partial charge in [-0.15, -0.1) is 0 Å². The Kier molecular flexibility index (Phi) is 4.28. The molecule has 1 aromatic carbocycles. The van der Waals surface area contributed by atoms with Crippen molar-refractivity contribution < 1.29 is 9.50 Å². The Morgan fingerprint density at radius 1 is 1.57 bits per heavy atom. The summed E-state index contributed by atoms with van der Waals surface area (Å²) in [7, 11) is 0. The molecule has 14 heavy (non-hydrogen) atoms. The number of aliphatic hydroxyl groups excluding tert-OH is 1. The van der Waals surface area contributed by atoms with E-state index in [0.717, 1.165) is 3.57 Å². The lowest BCUT2D eigenvalue weighted by Crippen LogP contribution is -2.26. The van der Waals surface area contributed by atoms with Gasteiger partial charge in [-0.25, -0.2) is 4.39 Å². The highest BCUT2D eigenvalue weighted by Gasteiger charge is 2.18. The van der Waals surface area contributed by atoms with Gasteiger partial charge in [-0.1, -0.05) is 6.92 Å². The topological polar surface area (TPSA) is 46.2 Å². The molecule has 2 unspecified atom stereocenters. The summed E-state index contributed by atoms with van der Waals surface area (Å²) in [6, 6.07) is 4.07. The molecule has 2 nitrogen and oxygen atoms in total. The third-order valence-electron chi connectivity index (χ3n) is 2.15. The first-order chi connectivity index (χ1) is 6.56. The highest BCUT2D eigenvalue weighted by molar-refractivity contribution is 14.1. The van der Waals surface area contributed by atoms with E-state index in [4.69, 9.17) is 5.73 Å². The molecule has 0 heterocycles. The van der Waals surface area contributed by atoms with Crippen molar-refractivity contribution in [2.75, 3.05) is 0 Å². The van der Waals surface area contributed by atoms with Gasteiger partial charge in [-0.3, -0.25) is 0 Å². The second kappa shape index (κ2) is 5.04. The molecule has 0 amide bonds. The van der Waals surface area contributed by atoms with Crippen LogP contribution in [0.15, 0.2) is 18.2 Å². The minimum atomic E-state index is -0.692. The molecule has 0 fully saturated rings. The summed E-state index contributed by atoms with van der Waals surface area (Å²) < 4.78 is 14.2. The molecule has 0 radical (unpaired) electrons. The van der Waals surface area contributed by atoms with Crippen molar-refractivity contribution in [2.45, 2.75) is 25.5 Å². The van der Waals surface area contributed by atoms with Crippen molar-refractivity contribution in [3.63, 3.8) is 0 Å². The van der Waals surface area contributed by atoms with Crippen LogP contribution in [0.3, 0.4) is 0 Å². The highest BCUT2D eigenvalue weighted by atomic mass is 127. The lowest BCUT2D eigenvalue weighted by Gasteiger charge is -2.18. The average molecular weight is 309 g/mol. The Labute approximate surface area is 96.5 Å². The van der Waals surface area contributed by atoms with Gasteiger partial charge in [0.1, 0.15) is 5.82 Å². The maximum Gasteiger partial charge on any atom is 0.128 e. The monoisotopic (exact) mass is 309 g/mol. The van der Waals surface area contributed by atoms with Crippen LogP contribution < -0.4 is 5.73 Å². The molecule has 1 aromatic rings. The van der Waals surface area contributed by atoms with Gasteiger partial charge in [0.05, 0.1) is 12.1 Å². The molecule has 0 bridgehead atoms. The van der Waals surface area contributed by atoms with E-state index in [1.54, 1.807) is 12.1 Å². The molecule has 78 valence electrons. The molecular formula is C10H13FINO. The second-order valence-corrected chi connectivity index (χ2v) is 4.41. The molecule has 0 aliphatic heterocycles. The number of hydrogen-bond acceptors (Lipinski definition) is 2. The van der Waals surface area contributed by atoms with Gasteiger partial charge >= 0.3 is 0 Å². The van der Waals surface area contributed by atoms with E-state index in [1.807, 2.05) is 6.92 Å². The first-order valence-electron chi connectivity index (χ1n) is 4.44. The second-order valence-electron chi connectivity index (χ2n) is 3.17. The van der Waals surface area contributed by atoms with Gasteiger partial charge in [0.25, 0.3) is 0 Å². The minimum absolute atomic E-state index is 0.356. The molecule has 0 spiro atoms. The Balaban J connectivity index is 2.99. The summed E-state index contributed by atoms with van der Waals surface area (Å²) in [5, 5.41) is 9.50. The van der Waals surface area contributed by atoms with Crippen molar-refractivity contribution >= 4 is 22.6 Å². The molecule has 0 aliphatic rings. The molecule has 0 saturated heterocycles. The van der Waals surface area contributed by atoms with E-state index in [1.165, 1.54) is 6.07 Å². The number of halogens is 2. The Morgan fingerprint density at radius 3 is 2.79 bits per heavy atom. The summed E-state index contributed by atoms with van der Waals surface area (Å²) >= 11 is 2.09. The zero-order chi connectivity index (χ0) is 10.7. The van der Waals surface area contributed by atoms with Gasteiger partial charge in [-0.05, 0) is 47.2 Å². The van der Waals surface area contributed by atoms with Crippen LogP contribution in [0.2, 0.25) is 0 Å². The summed E-state index contributed by atoms with van der Waals surface area (Å²) in [6.07, 6.45) is -0.172. The minimum Gasteiger partial charge on any atom is -0.391 e. The van der Waals surface area contributed by atoms with E-state index in [2.05, 4.69) is 22.6 Å². The van der Waals surface area contributed by atoms with Crippen LogP contribution >= 0.6 is 22.6 Å². The molecule has 4 heteroatoms. The summed E-state index contributed by atoms with van der Waals surface area (Å²) in [5.74, 6) is -0.356. The standard InChI is InChI=1S/C10H13FINO/c1-2-9(14)10(13)7-5-6(12)3-4-8(7)11/h3-5,9-10,14H,2,13H2,1H3. The quantitative estimate of drug-likeness (QED) is 0.841. The number of aliphatic hydroxyl groups is 1. The first-order valence-corrected chi connectivity index (χ1v) is 5.52. The zero-order valence-electron chi connectivity index (χ0n) is 7.87. The number of nitrogens with two attached hydrogens (primary N) is 1. The van der Waals surface area contributed by atoms with E-state index < -0.39 is 12.1 Å². The SMILES string of the molecule is CCC(O)C(N)c1cc(I)ccc1F. The largest absolute Gasteiger partial charge is 0.391 e. The molecule has 2 atom stereocenters. The Hall–Kier alpha value is -0.200. The van der Waals surface area contributed by atoms with Crippen LogP contribution in [0.1, 0.15) is 24.9 Å². The number of rotatable bonds is 3. The third-order valence-corrected chi connectivity index (χ3v) is 2.82. The normalized spacial score (nSPS) is 15.2. The van der Waals surface area contributed by atoms with E-state index >= 15 is 0 Å². The lowest BCUT2D eigenvalue weighted by molar-refractivity contribution is 0.139. The fourth-order valence-electron chi connectivity index (χ4n) is 1.23. The summed E-state index contributed by atoms with van der Waals surface area (Å²) in [6.45, 7) is 1.82. The molecule has 0 aromatic heterocycles. The first kappa shape index (κ1) is 11.9. The van der Waals surface area contributed by atoms with E-state index in [-0.39, 0.29) is 5.82 Å². The van der Waals surface area contributed by atoms with Crippen molar-refractivity contribution in [3.05, 3.63) is 33.1 Å². The van der Waals surface area contributed by atoms with Crippen LogP contribution in [0.5, 0.6) is 0 Å². The van der Waals surface area contributed by atoms with Crippen molar-refractivity contribution in [1.29, 1.82) is 0 Å². The van der Waals surface area contributed by atoms with Crippen LogP contribution in [-0.2, 0) is 0 Å². The lowest BCUT2D eigenvalue weighted by atomic mass is 10.0. The molecule has 3 N–H and O–H groups in total. The Bertz CT molecular complexity index is 319. The predicted octanol–water partition coefficient (Wildman–Crippen LogP) is 2.20.